The van der Waals surface area contributed by atoms with E-state index in [0.717, 1.165) is 48.3 Å². The summed E-state index contributed by atoms with van der Waals surface area (Å²) in [5.74, 6) is -0.0672. The Morgan fingerprint density at radius 1 is 0.973 bits per heavy atom. The van der Waals surface area contributed by atoms with Crippen LogP contribution in [0.4, 0.5) is 18.9 Å². The van der Waals surface area contributed by atoms with Crippen LogP contribution in [0, 0.1) is 0 Å². The Hall–Kier alpha value is -3.33. The minimum absolute atomic E-state index is 0.0339. The molecule has 1 fully saturated rings. The zero-order valence-electron chi connectivity index (χ0n) is 20.5. The molecule has 5 nitrogen and oxygen atoms in total. The lowest BCUT2D eigenvalue weighted by Gasteiger charge is -2.35. The summed E-state index contributed by atoms with van der Waals surface area (Å²) < 4.78 is 62.5. The Labute approximate surface area is 215 Å². The van der Waals surface area contributed by atoms with Crippen molar-refractivity contribution in [2.45, 2.75) is 43.3 Å². The summed E-state index contributed by atoms with van der Waals surface area (Å²) in [6.07, 6.45) is -2.51. The number of nitrogens with one attached hydrogen (secondary N) is 1. The van der Waals surface area contributed by atoms with E-state index in [2.05, 4.69) is 10.2 Å². The van der Waals surface area contributed by atoms with Crippen molar-refractivity contribution in [3.63, 3.8) is 0 Å². The molecule has 9 heteroatoms. The third kappa shape index (κ3) is 6.52. The molecule has 3 aromatic rings. The number of carbonyl (C=O) groups excluding carboxylic acids is 1. The van der Waals surface area contributed by atoms with Crippen LogP contribution in [0.1, 0.15) is 52.7 Å². The molecule has 1 amide bonds. The number of nitrogens with zero attached hydrogens (tertiary/aromatic N) is 1. The molecule has 0 aliphatic carbocycles. The molecule has 1 aliphatic heterocycles. The molecule has 3 aromatic carbocycles. The van der Waals surface area contributed by atoms with Crippen LogP contribution in [0.3, 0.4) is 0 Å². The molecule has 37 heavy (non-hydrogen) atoms. The smallest absolute Gasteiger partial charge is 0.371 e. The van der Waals surface area contributed by atoms with Crippen LogP contribution in [-0.2, 0) is 22.6 Å². The highest BCUT2D eigenvalue weighted by atomic mass is 32.2. The van der Waals surface area contributed by atoms with Gasteiger partial charge in [0.2, 0.25) is 0 Å². The van der Waals surface area contributed by atoms with Crippen molar-refractivity contribution in [1.82, 2.24) is 5.32 Å². The van der Waals surface area contributed by atoms with E-state index < -0.39 is 21.6 Å². The van der Waals surface area contributed by atoms with Gasteiger partial charge in [-0.15, -0.1) is 0 Å². The lowest BCUT2D eigenvalue weighted by molar-refractivity contribution is -0.137. The molecule has 0 radical (unpaired) electrons. The maximum Gasteiger partial charge on any atom is 0.416 e. The summed E-state index contributed by atoms with van der Waals surface area (Å²) in [6, 6.07) is 19.2. The van der Waals surface area contributed by atoms with Gasteiger partial charge in [-0.2, -0.15) is 13.2 Å². The summed E-state index contributed by atoms with van der Waals surface area (Å²) in [4.78, 5) is 15.1. The second-order valence-electron chi connectivity index (χ2n) is 9.18. The van der Waals surface area contributed by atoms with Crippen LogP contribution in [0.5, 0.6) is 0 Å². The Bertz CT molecular complexity index is 1320. The molecule has 1 N–H and O–H groups in total. The van der Waals surface area contributed by atoms with Gasteiger partial charge in [-0.3, -0.25) is 4.79 Å². The average Bonchev–Trinajstić information content (AvgIpc) is 2.91. The number of alkyl halides is 3. The molecule has 4 rings (SSSR count). The molecule has 0 spiro atoms. The van der Waals surface area contributed by atoms with Crippen LogP contribution in [0.15, 0.2) is 77.7 Å². The Balaban J connectivity index is 1.34. The topological polar surface area (TPSA) is 66.5 Å². The maximum absolute atomic E-state index is 12.9. The predicted octanol–water partition coefficient (Wildman–Crippen LogP) is 5.81. The van der Waals surface area contributed by atoms with E-state index in [1.165, 1.54) is 0 Å². The first-order chi connectivity index (χ1) is 17.6. The monoisotopic (exact) mass is 530 g/mol. The lowest BCUT2D eigenvalue weighted by Crippen LogP contribution is -2.34. The quantitative estimate of drug-likeness (QED) is 0.419. The first-order valence-corrected chi connectivity index (χ1v) is 13.8. The first kappa shape index (κ1) is 26.7. The molecule has 196 valence electrons. The van der Waals surface area contributed by atoms with Gasteiger partial charge in [-0.25, -0.2) is 8.42 Å². The van der Waals surface area contributed by atoms with Crippen molar-refractivity contribution in [1.29, 1.82) is 0 Å². The normalized spacial score (nSPS) is 16.4. The van der Waals surface area contributed by atoms with E-state index >= 15 is 0 Å². The van der Waals surface area contributed by atoms with Crippen molar-refractivity contribution in [2.24, 2.45) is 0 Å². The second-order valence-corrected chi connectivity index (χ2v) is 11.5. The maximum atomic E-state index is 12.9. The van der Waals surface area contributed by atoms with Crippen molar-refractivity contribution in [2.75, 3.05) is 23.7 Å². The summed E-state index contributed by atoms with van der Waals surface area (Å²) >= 11 is 0. The molecule has 0 saturated carbocycles. The predicted molar refractivity (Wildman–Crippen MR) is 137 cm³/mol. The Morgan fingerprint density at radius 3 is 2.22 bits per heavy atom. The van der Waals surface area contributed by atoms with Crippen molar-refractivity contribution < 1.29 is 26.4 Å². The first-order valence-electron chi connectivity index (χ1n) is 12.2. The molecular weight excluding hydrogens is 501 g/mol. The minimum atomic E-state index is -4.34. The molecule has 1 saturated heterocycles. The van der Waals surface area contributed by atoms with Gasteiger partial charge in [0.25, 0.3) is 5.91 Å². The summed E-state index contributed by atoms with van der Waals surface area (Å²) in [5, 5.41) is 2.85. The number of benzene rings is 3. The largest absolute Gasteiger partial charge is 0.416 e. The number of anilines is 1. The molecule has 1 unspecified atom stereocenters. The average molecular weight is 531 g/mol. The van der Waals surface area contributed by atoms with Crippen molar-refractivity contribution in [3.05, 3.63) is 95.1 Å². The van der Waals surface area contributed by atoms with Crippen LogP contribution < -0.4 is 10.2 Å². The highest BCUT2D eigenvalue weighted by molar-refractivity contribution is 7.91. The van der Waals surface area contributed by atoms with Gasteiger partial charge in [0.05, 0.1) is 16.2 Å². The molecular formula is C28H29F3N2O3S. The van der Waals surface area contributed by atoms with Crippen LogP contribution in [0.2, 0.25) is 0 Å². The van der Waals surface area contributed by atoms with Crippen molar-refractivity contribution in [3.8, 4) is 0 Å². The fourth-order valence-corrected chi connectivity index (χ4v) is 5.40. The van der Waals surface area contributed by atoms with Gasteiger partial charge in [-0.1, -0.05) is 31.2 Å². The van der Waals surface area contributed by atoms with Crippen LogP contribution in [-0.4, -0.2) is 33.2 Å². The van der Waals surface area contributed by atoms with Gasteiger partial charge in [0.15, 0.2) is 9.84 Å². The number of sulfone groups is 1. The van der Waals surface area contributed by atoms with E-state index in [9.17, 15) is 26.4 Å². The number of piperidine rings is 1. The number of halogens is 3. The van der Waals surface area contributed by atoms with Crippen molar-refractivity contribution >= 4 is 21.4 Å². The van der Waals surface area contributed by atoms with Crippen LogP contribution in [0.25, 0.3) is 0 Å². The number of hydrogen-bond donors (Lipinski definition) is 1. The highest BCUT2D eigenvalue weighted by Crippen LogP contribution is 2.33. The Morgan fingerprint density at radius 2 is 1.62 bits per heavy atom. The molecule has 1 atom stereocenters. The summed E-state index contributed by atoms with van der Waals surface area (Å²) in [6.45, 7) is 3.40. The lowest BCUT2D eigenvalue weighted by atomic mass is 9.90. The van der Waals surface area contributed by atoms with Gasteiger partial charge < -0.3 is 10.2 Å². The number of carbonyl (C=O) groups is 1. The molecule has 1 heterocycles. The zero-order valence-corrected chi connectivity index (χ0v) is 21.3. The van der Waals surface area contributed by atoms with E-state index in [0.29, 0.717) is 12.1 Å². The number of hydrogen-bond acceptors (Lipinski definition) is 4. The van der Waals surface area contributed by atoms with Crippen LogP contribution >= 0.6 is 0 Å². The third-order valence-electron chi connectivity index (χ3n) is 6.74. The highest BCUT2D eigenvalue weighted by Gasteiger charge is 2.30. The van der Waals surface area contributed by atoms with Gasteiger partial charge in [0, 0.05) is 36.8 Å². The summed E-state index contributed by atoms with van der Waals surface area (Å²) in [7, 11) is -3.26. The van der Waals surface area contributed by atoms with E-state index in [4.69, 9.17) is 0 Å². The number of amides is 1. The standard InChI is InChI=1S/C28H29F3N2O3S/c1-2-37(35,36)26-15-5-20(6-16-26)18-32-27(34)22-9-13-25(14-10-22)33-17-3-4-23(19-33)21-7-11-24(12-8-21)28(29,30)31/h5-16,23H,2-4,17-19H2,1H3,(H,32,34). The number of rotatable bonds is 7. The van der Waals surface area contributed by atoms with E-state index in [1.807, 2.05) is 12.1 Å². The molecule has 0 bridgehead atoms. The third-order valence-corrected chi connectivity index (χ3v) is 8.49. The van der Waals surface area contributed by atoms with Gasteiger partial charge in [-0.05, 0) is 72.5 Å². The van der Waals surface area contributed by atoms with E-state index in [-0.39, 0.29) is 29.0 Å². The zero-order chi connectivity index (χ0) is 26.6. The Kier molecular flexibility index (Phi) is 7.92. The van der Waals surface area contributed by atoms with Gasteiger partial charge >= 0.3 is 6.18 Å². The fraction of sp³-hybridized carbons (Fsp3) is 0.321. The SMILES string of the molecule is CCS(=O)(=O)c1ccc(CNC(=O)c2ccc(N3CCCC(c4ccc(C(F)(F)F)cc4)C3)cc2)cc1. The molecule has 1 aliphatic rings. The fourth-order valence-electron chi connectivity index (χ4n) is 4.52. The summed E-state index contributed by atoms with van der Waals surface area (Å²) in [5.41, 5.74) is 2.52. The van der Waals surface area contributed by atoms with Gasteiger partial charge in [0.1, 0.15) is 0 Å². The van der Waals surface area contributed by atoms with E-state index in [1.54, 1.807) is 55.5 Å². The second kappa shape index (κ2) is 11.0. The minimum Gasteiger partial charge on any atom is -0.371 e. The molecule has 0 aromatic heterocycles.